The van der Waals surface area contributed by atoms with E-state index in [4.69, 9.17) is 22.3 Å². The van der Waals surface area contributed by atoms with Gasteiger partial charge in [-0.25, -0.2) is 4.79 Å². The Hall–Kier alpha value is -4.85. The van der Waals surface area contributed by atoms with Crippen molar-refractivity contribution in [3.63, 3.8) is 0 Å². The normalized spacial score (nSPS) is 17.4. The molecular formula is C27H44N8O12. The van der Waals surface area contributed by atoms with Crippen LogP contribution in [-0.2, 0) is 43.2 Å². The maximum Gasteiger partial charge on any atom is 0.326 e. The average molecular weight is 673 g/mol. The van der Waals surface area contributed by atoms with Crippen molar-refractivity contribution in [2.24, 2.45) is 23.1 Å². The zero-order chi connectivity index (χ0) is 36.0. The van der Waals surface area contributed by atoms with Crippen molar-refractivity contribution < 1.29 is 58.5 Å². The molecule has 0 aromatic carbocycles. The number of nitrogens with one attached hydrogen (secondary N) is 4. The minimum Gasteiger partial charge on any atom is -0.481 e. The van der Waals surface area contributed by atoms with Crippen LogP contribution in [0.3, 0.4) is 0 Å². The van der Waals surface area contributed by atoms with Crippen LogP contribution in [0.2, 0.25) is 0 Å². The number of aliphatic hydroxyl groups excluding tert-OH is 1. The molecule has 0 bridgehead atoms. The number of likely N-dealkylation sites (tertiary alicyclic amines) is 1. The summed E-state index contributed by atoms with van der Waals surface area (Å²) in [4.78, 5) is 111. The molecule has 0 aromatic heterocycles. The molecule has 1 heterocycles. The lowest BCUT2D eigenvalue weighted by Gasteiger charge is -2.31. The molecule has 0 radical (unpaired) electrons. The van der Waals surface area contributed by atoms with Crippen LogP contribution >= 0.6 is 0 Å². The Balaban J connectivity index is 3.15. The van der Waals surface area contributed by atoms with Crippen LogP contribution in [0.15, 0.2) is 0 Å². The van der Waals surface area contributed by atoms with Crippen molar-refractivity contribution in [3.8, 4) is 0 Å². The molecule has 0 unspecified atom stereocenters. The molecule has 1 rings (SSSR count). The van der Waals surface area contributed by atoms with Gasteiger partial charge in [-0.2, -0.15) is 0 Å². The summed E-state index contributed by atoms with van der Waals surface area (Å²) in [6, 6.07) is -8.68. The minimum absolute atomic E-state index is 0.0647. The third-order valence-corrected chi connectivity index (χ3v) is 7.03. The van der Waals surface area contributed by atoms with E-state index in [0.29, 0.717) is 6.42 Å². The van der Waals surface area contributed by atoms with Crippen molar-refractivity contribution in [2.45, 2.75) is 95.0 Å². The lowest BCUT2D eigenvalue weighted by molar-refractivity contribution is -0.145. The molecule has 264 valence electrons. The van der Waals surface area contributed by atoms with E-state index in [0.717, 1.165) is 4.90 Å². The number of carbonyl (C=O) groups is 9. The molecule has 7 amide bonds. The second-order valence-electron chi connectivity index (χ2n) is 11.5. The van der Waals surface area contributed by atoms with Crippen LogP contribution in [0.25, 0.3) is 0 Å². The molecule has 0 spiro atoms. The molecule has 1 fully saturated rings. The van der Waals surface area contributed by atoms with Gasteiger partial charge in [0.15, 0.2) is 0 Å². The second kappa shape index (κ2) is 19.0. The molecule has 0 aliphatic carbocycles. The molecule has 13 N–H and O–H groups in total. The van der Waals surface area contributed by atoms with E-state index in [1.165, 1.54) is 0 Å². The van der Waals surface area contributed by atoms with Gasteiger partial charge in [-0.15, -0.1) is 0 Å². The Labute approximate surface area is 269 Å². The van der Waals surface area contributed by atoms with Gasteiger partial charge < -0.3 is 58.7 Å². The first-order valence-corrected chi connectivity index (χ1v) is 14.8. The quantitative estimate of drug-likeness (QED) is 0.0580. The third kappa shape index (κ3) is 13.6. The van der Waals surface area contributed by atoms with E-state index in [1.54, 1.807) is 13.8 Å². The van der Waals surface area contributed by atoms with Crippen molar-refractivity contribution in [1.29, 1.82) is 0 Å². The molecule has 1 saturated heterocycles. The van der Waals surface area contributed by atoms with Gasteiger partial charge in [-0.3, -0.25) is 38.4 Å². The van der Waals surface area contributed by atoms with Crippen molar-refractivity contribution in [2.75, 3.05) is 13.2 Å². The van der Waals surface area contributed by atoms with Crippen LogP contribution in [0.4, 0.5) is 0 Å². The summed E-state index contributed by atoms with van der Waals surface area (Å²) >= 11 is 0. The van der Waals surface area contributed by atoms with Gasteiger partial charge in [0, 0.05) is 13.0 Å². The van der Waals surface area contributed by atoms with Crippen LogP contribution in [-0.4, -0.2) is 123 Å². The highest BCUT2D eigenvalue weighted by atomic mass is 16.4. The number of nitrogens with two attached hydrogens (primary N) is 3. The Kier molecular flexibility index (Phi) is 16.2. The number of rotatable bonds is 20. The highest BCUT2D eigenvalue weighted by Gasteiger charge is 2.40. The van der Waals surface area contributed by atoms with Crippen molar-refractivity contribution >= 4 is 53.3 Å². The summed E-state index contributed by atoms with van der Waals surface area (Å²) < 4.78 is 0. The molecule has 0 aromatic rings. The lowest BCUT2D eigenvalue weighted by atomic mass is 10.0. The molecule has 6 atom stereocenters. The number of carboxylic acid groups (broad SMARTS) is 2. The van der Waals surface area contributed by atoms with Gasteiger partial charge in [-0.1, -0.05) is 13.8 Å². The monoisotopic (exact) mass is 672 g/mol. The fraction of sp³-hybridized carbons (Fsp3) is 0.667. The predicted octanol–water partition coefficient (Wildman–Crippen LogP) is -5.02. The number of aliphatic hydroxyl groups is 1. The smallest absolute Gasteiger partial charge is 0.326 e. The topological polar surface area (TPSA) is 344 Å². The first-order valence-electron chi connectivity index (χ1n) is 14.8. The maximum atomic E-state index is 13.7. The van der Waals surface area contributed by atoms with Crippen molar-refractivity contribution in [3.05, 3.63) is 0 Å². The van der Waals surface area contributed by atoms with E-state index in [9.17, 15) is 53.4 Å². The fourth-order valence-corrected chi connectivity index (χ4v) is 4.73. The van der Waals surface area contributed by atoms with Crippen LogP contribution < -0.4 is 38.5 Å². The van der Waals surface area contributed by atoms with Gasteiger partial charge >= 0.3 is 11.9 Å². The largest absolute Gasteiger partial charge is 0.481 e. The van der Waals surface area contributed by atoms with Crippen molar-refractivity contribution in [1.82, 2.24) is 26.2 Å². The van der Waals surface area contributed by atoms with Gasteiger partial charge in [0.1, 0.15) is 30.2 Å². The summed E-state index contributed by atoms with van der Waals surface area (Å²) in [5, 5.41) is 37.2. The zero-order valence-electron chi connectivity index (χ0n) is 26.1. The molecule has 1 aliphatic rings. The maximum absolute atomic E-state index is 13.7. The Morgan fingerprint density at radius 1 is 0.787 bits per heavy atom. The summed E-state index contributed by atoms with van der Waals surface area (Å²) in [6.07, 6.45) is -1.81. The number of carboxylic acids is 2. The minimum atomic E-state index is -1.75. The van der Waals surface area contributed by atoms with E-state index >= 15 is 0 Å². The first-order chi connectivity index (χ1) is 21.9. The van der Waals surface area contributed by atoms with E-state index < -0.39 is 122 Å². The number of hydrogen-bond donors (Lipinski definition) is 10. The highest BCUT2D eigenvalue weighted by Crippen LogP contribution is 2.21. The number of carbonyl (C=O) groups excluding carboxylic acids is 7. The van der Waals surface area contributed by atoms with Gasteiger partial charge in [0.05, 0.1) is 25.5 Å². The second-order valence-corrected chi connectivity index (χ2v) is 11.5. The van der Waals surface area contributed by atoms with Crippen LogP contribution in [0, 0.1) is 5.92 Å². The fourth-order valence-electron chi connectivity index (χ4n) is 4.73. The Morgan fingerprint density at radius 3 is 1.85 bits per heavy atom. The summed E-state index contributed by atoms with van der Waals surface area (Å²) in [5.41, 5.74) is 15.6. The van der Waals surface area contributed by atoms with E-state index in [-0.39, 0.29) is 25.3 Å². The number of hydrogen-bond acceptors (Lipinski definition) is 11. The lowest BCUT2D eigenvalue weighted by Crippen LogP contribution is -2.59. The molecular weight excluding hydrogens is 628 g/mol. The Bertz CT molecular complexity index is 1210. The average Bonchev–Trinajstić information content (AvgIpc) is 3.45. The summed E-state index contributed by atoms with van der Waals surface area (Å²) in [7, 11) is 0. The molecule has 0 saturated carbocycles. The third-order valence-electron chi connectivity index (χ3n) is 7.03. The standard InChI is InChI=1S/C27H44N8O12/c1-12(2)8-15(32-24(43)17(11-36)34-22(41)13(28)9-19(29)37)26(45)35-7-3-4-18(35)25(44)31-14(5-6-21(39)40)23(42)33-16(27(46)47)10-20(30)38/h12-18,36H,3-11,28H2,1-2H3,(H2,29,37)(H2,30,38)(H,31,44)(H,32,43)(H,33,42)(H,34,41)(H,39,40)(H,46,47)/t13-,14-,15-,16-,17-,18-/m0/s1. The Morgan fingerprint density at radius 2 is 1.34 bits per heavy atom. The van der Waals surface area contributed by atoms with Gasteiger partial charge in [-0.05, 0) is 31.6 Å². The highest BCUT2D eigenvalue weighted by molar-refractivity contribution is 5.97. The molecule has 47 heavy (non-hydrogen) atoms. The first kappa shape index (κ1) is 40.2. The molecule has 1 aliphatic heterocycles. The van der Waals surface area contributed by atoms with Crippen LogP contribution in [0.1, 0.15) is 58.8 Å². The summed E-state index contributed by atoms with van der Waals surface area (Å²) in [5.74, 6) is -9.55. The molecule has 20 nitrogen and oxygen atoms in total. The zero-order valence-corrected chi connectivity index (χ0v) is 26.1. The SMILES string of the molecule is CC(C)C[C@H](NC(=O)[C@H](CO)NC(=O)[C@@H](N)CC(N)=O)C(=O)N1CCC[C@H]1C(=O)N[C@@H](CCC(=O)O)C(=O)N[C@@H](CC(N)=O)C(=O)O. The van der Waals surface area contributed by atoms with Gasteiger partial charge in [0.2, 0.25) is 41.4 Å². The van der Waals surface area contributed by atoms with E-state index in [1.807, 2.05) is 0 Å². The number of aliphatic carboxylic acids is 2. The number of nitrogens with zero attached hydrogens (tertiary/aromatic N) is 1. The van der Waals surface area contributed by atoms with E-state index in [2.05, 4.69) is 21.3 Å². The number of primary amides is 2. The van der Waals surface area contributed by atoms with Crippen LogP contribution in [0.5, 0.6) is 0 Å². The number of amides is 7. The summed E-state index contributed by atoms with van der Waals surface area (Å²) in [6.45, 7) is 2.68. The molecule has 20 heteroatoms. The van der Waals surface area contributed by atoms with Gasteiger partial charge in [0.25, 0.3) is 0 Å². The predicted molar refractivity (Wildman–Crippen MR) is 159 cm³/mol.